The van der Waals surface area contributed by atoms with Gasteiger partial charge in [0.05, 0.1) is 19.3 Å². The topological polar surface area (TPSA) is 98.0 Å². The lowest BCUT2D eigenvalue weighted by Gasteiger charge is -2.23. The molecule has 0 amide bonds. The lowest BCUT2D eigenvalue weighted by atomic mass is 10.1. The third kappa shape index (κ3) is 3.82. The average Bonchev–Trinajstić information content (AvgIpc) is 3.42. The van der Waals surface area contributed by atoms with E-state index in [-0.39, 0.29) is 18.2 Å². The molecule has 0 bridgehead atoms. The van der Waals surface area contributed by atoms with Gasteiger partial charge in [-0.15, -0.1) is 0 Å². The van der Waals surface area contributed by atoms with E-state index in [1.165, 1.54) is 12.1 Å². The zero-order chi connectivity index (χ0) is 22.3. The fourth-order valence-electron chi connectivity index (χ4n) is 3.54. The molecule has 9 heteroatoms. The summed E-state index contributed by atoms with van der Waals surface area (Å²) in [5, 5.41) is 8.31. The minimum absolute atomic E-state index is 0.0956. The van der Waals surface area contributed by atoms with E-state index in [1.807, 2.05) is 32.0 Å². The van der Waals surface area contributed by atoms with Gasteiger partial charge < -0.3 is 19.2 Å². The third-order valence-electron chi connectivity index (χ3n) is 5.40. The van der Waals surface area contributed by atoms with Crippen LogP contribution in [0, 0.1) is 11.2 Å². The highest BCUT2D eigenvalue weighted by atomic mass is 19.1. The lowest BCUT2D eigenvalue weighted by Crippen LogP contribution is -2.24. The van der Waals surface area contributed by atoms with Crippen molar-refractivity contribution in [3.63, 3.8) is 0 Å². The Morgan fingerprint density at radius 3 is 2.69 bits per heavy atom. The maximum atomic E-state index is 13.1. The van der Waals surface area contributed by atoms with Crippen LogP contribution in [0.3, 0.4) is 0 Å². The van der Waals surface area contributed by atoms with Crippen LogP contribution in [0.4, 0.5) is 4.39 Å². The van der Waals surface area contributed by atoms with Crippen molar-refractivity contribution in [3.8, 4) is 11.5 Å². The Hall–Kier alpha value is -3.72. The van der Waals surface area contributed by atoms with E-state index >= 15 is 0 Å². The van der Waals surface area contributed by atoms with Crippen LogP contribution in [-0.2, 0) is 23.5 Å². The molecule has 0 atom stereocenters. The number of benzene rings is 2. The number of H-pyrrole nitrogens is 1. The lowest BCUT2D eigenvalue weighted by molar-refractivity contribution is -0.0393. The molecule has 0 aliphatic carbocycles. The number of hydrogen-bond donors (Lipinski definition) is 2. The number of nitrogens with zero attached hydrogens (tertiary/aromatic N) is 3. The minimum Gasteiger partial charge on any atom is -0.454 e. The maximum Gasteiger partial charge on any atom is 0.231 e. The summed E-state index contributed by atoms with van der Waals surface area (Å²) in [6.45, 7) is 4.74. The van der Waals surface area contributed by atoms with Crippen LogP contribution >= 0.6 is 0 Å². The van der Waals surface area contributed by atoms with Gasteiger partial charge in [-0.3, -0.25) is 9.98 Å². The molecule has 3 heterocycles. The second-order valence-corrected chi connectivity index (χ2v) is 8.10. The number of imidazole rings is 1. The van der Waals surface area contributed by atoms with Gasteiger partial charge >= 0.3 is 0 Å². The van der Waals surface area contributed by atoms with E-state index in [1.54, 1.807) is 22.9 Å². The molecule has 164 valence electrons. The van der Waals surface area contributed by atoms with E-state index < -0.39 is 5.60 Å². The largest absolute Gasteiger partial charge is 0.454 e. The smallest absolute Gasteiger partial charge is 0.231 e. The molecule has 1 aliphatic heterocycles. The van der Waals surface area contributed by atoms with Gasteiger partial charge in [-0.2, -0.15) is 0 Å². The number of nitrogens with one attached hydrogen (secondary N) is 2. The standard InChI is InChI=1S/C23H22FN5O3/c1-23(2,32-12-14-3-6-16(24)7-4-14)21-27-17-10-26-22(25)29(20(17)28-21)11-15-5-8-18-19(9-15)31-13-30-18/h3-10,25H,11-13H2,1-2H3,(H,27,28). The zero-order valence-corrected chi connectivity index (χ0v) is 17.7. The summed E-state index contributed by atoms with van der Waals surface area (Å²) in [5.41, 5.74) is 2.47. The van der Waals surface area contributed by atoms with Gasteiger partial charge in [-0.05, 0) is 49.2 Å². The fraction of sp³-hybridized carbons (Fsp3) is 0.261. The fourth-order valence-corrected chi connectivity index (χ4v) is 3.54. The highest BCUT2D eigenvalue weighted by Gasteiger charge is 2.26. The molecule has 5 rings (SSSR count). The monoisotopic (exact) mass is 435 g/mol. The van der Waals surface area contributed by atoms with Crippen LogP contribution in [0.5, 0.6) is 11.5 Å². The van der Waals surface area contributed by atoms with Crippen molar-refractivity contribution in [2.75, 3.05) is 6.79 Å². The van der Waals surface area contributed by atoms with Crippen LogP contribution in [0.25, 0.3) is 11.2 Å². The van der Waals surface area contributed by atoms with E-state index in [4.69, 9.17) is 24.6 Å². The van der Waals surface area contributed by atoms with Gasteiger partial charge in [-0.1, -0.05) is 18.2 Å². The van der Waals surface area contributed by atoms with Crippen LogP contribution in [0.15, 0.2) is 48.7 Å². The maximum absolute atomic E-state index is 13.1. The number of rotatable bonds is 6. The minimum atomic E-state index is -0.744. The van der Waals surface area contributed by atoms with Gasteiger partial charge in [0.1, 0.15) is 22.8 Å². The number of halogens is 1. The molecular weight excluding hydrogens is 413 g/mol. The summed E-state index contributed by atoms with van der Waals surface area (Å²) in [6, 6.07) is 11.9. The molecule has 2 aromatic heterocycles. The molecule has 0 saturated carbocycles. The van der Waals surface area contributed by atoms with E-state index in [9.17, 15) is 4.39 Å². The third-order valence-corrected chi connectivity index (χ3v) is 5.40. The van der Waals surface area contributed by atoms with E-state index in [0.29, 0.717) is 41.6 Å². The molecule has 0 saturated heterocycles. The van der Waals surface area contributed by atoms with Crippen molar-refractivity contribution >= 4 is 11.2 Å². The number of aromatic nitrogens is 4. The molecule has 1 aliphatic rings. The first-order chi connectivity index (χ1) is 15.4. The Balaban J connectivity index is 1.43. The molecule has 32 heavy (non-hydrogen) atoms. The second kappa shape index (κ2) is 7.76. The molecule has 0 fully saturated rings. The molecule has 0 spiro atoms. The first kappa shape index (κ1) is 20.2. The Kier molecular flexibility index (Phi) is 4.90. The summed E-state index contributed by atoms with van der Waals surface area (Å²) in [4.78, 5) is 12.2. The Labute approximate surface area is 183 Å². The van der Waals surface area contributed by atoms with E-state index in [0.717, 1.165) is 11.1 Å². The summed E-state index contributed by atoms with van der Waals surface area (Å²) < 4.78 is 31.8. The molecular formula is C23H22FN5O3. The summed E-state index contributed by atoms with van der Waals surface area (Å²) in [5.74, 6) is 1.73. The average molecular weight is 435 g/mol. The van der Waals surface area contributed by atoms with Crippen LogP contribution in [-0.4, -0.2) is 26.3 Å². The van der Waals surface area contributed by atoms with Crippen LogP contribution in [0.1, 0.15) is 30.8 Å². The molecule has 8 nitrogen and oxygen atoms in total. The second-order valence-electron chi connectivity index (χ2n) is 8.10. The van der Waals surface area contributed by atoms with Crippen molar-refractivity contribution in [1.29, 1.82) is 5.41 Å². The normalized spacial score (nSPS) is 13.1. The van der Waals surface area contributed by atoms with Gasteiger partial charge in [0, 0.05) is 0 Å². The molecule has 0 radical (unpaired) electrons. The molecule has 2 N–H and O–H groups in total. The first-order valence-corrected chi connectivity index (χ1v) is 10.2. The molecule has 0 unspecified atom stereocenters. The Morgan fingerprint density at radius 2 is 1.88 bits per heavy atom. The summed E-state index contributed by atoms with van der Waals surface area (Å²) in [6.07, 6.45) is 1.60. The van der Waals surface area contributed by atoms with Crippen LogP contribution < -0.4 is 15.1 Å². The number of ether oxygens (including phenoxy) is 3. The predicted octanol–water partition coefficient (Wildman–Crippen LogP) is 3.61. The zero-order valence-electron chi connectivity index (χ0n) is 17.7. The Morgan fingerprint density at radius 1 is 1.12 bits per heavy atom. The van der Waals surface area contributed by atoms with E-state index in [2.05, 4.69) is 9.97 Å². The van der Waals surface area contributed by atoms with Gasteiger partial charge in [0.15, 0.2) is 17.1 Å². The van der Waals surface area contributed by atoms with Crippen molar-refractivity contribution in [2.45, 2.75) is 32.6 Å². The van der Waals surface area contributed by atoms with Gasteiger partial charge in [-0.25, -0.2) is 14.4 Å². The van der Waals surface area contributed by atoms with Crippen molar-refractivity contribution < 1.29 is 18.6 Å². The Bertz CT molecular complexity index is 1340. The highest BCUT2D eigenvalue weighted by molar-refractivity contribution is 5.70. The molecule has 4 aromatic rings. The summed E-state index contributed by atoms with van der Waals surface area (Å²) in [7, 11) is 0. The molecule has 2 aromatic carbocycles. The number of aromatic amines is 1. The summed E-state index contributed by atoms with van der Waals surface area (Å²) >= 11 is 0. The number of hydrogen-bond acceptors (Lipinski definition) is 6. The van der Waals surface area contributed by atoms with Crippen molar-refractivity contribution in [2.24, 2.45) is 0 Å². The highest BCUT2D eigenvalue weighted by Crippen LogP contribution is 2.33. The van der Waals surface area contributed by atoms with Crippen molar-refractivity contribution in [1.82, 2.24) is 19.5 Å². The van der Waals surface area contributed by atoms with Gasteiger partial charge in [0.25, 0.3) is 0 Å². The quantitative estimate of drug-likeness (QED) is 0.482. The number of fused-ring (bicyclic) bond motifs is 2. The van der Waals surface area contributed by atoms with Crippen molar-refractivity contribution in [3.05, 3.63) is 77.0 Å². The SMILES string of the molecule is CC(C)(OCc1ccc(F)cc1)c1nc2c(cnc(=N)n2Cc2ccc3c(c2)OCO3)[nH]1. The first-order valence-electron chi connectivity index (χ1n) is 10.2. The van der Waals surface area contributed by atoms with Crippen LogP contribution in [0.2, 0.25) is 0 Å². The van der Waals surface area contributed by atoms with Gasteiger partial charge in [0.2, 0.25) is 12.4 Å². The predicted molar refractivity (Wildman–Crippen MR) is 114 cm³/mol.